The quantitative estimate of drug-likeness (QED) is 0.310. The fraction of sp³-hybridized carbons (Fsp3) is 0.258. The summed E-state index contributed by atoms with van der Waals surface area (Å²) in [5, 5.41) is 5.16. The molecular formula is C31H30FNO3. The van der Waals surface area contributed by atoms with Crippen molar-refractivity contribution in [2.75, 3.05) is 13.7 Å². The molecule has 0 aliphatic carbocycles. The molecule has 1 heterocycles. The maximum atomic E-state index is 14.3. The summed E-state index contributed by atoms with van der Waals surface area (Å²) in [5.74, 6) is 0.419. The van der Waals surface area contributed by atoms with Crippen molar-refractivity contribution in [1.29, 1.82) is 0 Å². The van der Waals surface area contributed by atoms with Gasteiger partial charge in [-0.25, -0.2) is 9.18 Å². The highest BCUT2D eigenvalue weighted by Gasteiger charge is 2.30. The first-order valence-electron chi connectivity index (χ1n) is 12.3. The van der Waals surface area contributed by atoms with Gasteiger partial charge in [0, 0.05) is 29.5 Å². The Hall–Kier alpha value is -3.70. The molecule has 5 rings (SSSR count). The van der Waals surface area contributed by atoms with Crippen LogP contribution in [-0.4, -0.2) is 25.7 Å². The summed E-state index contributed by atoms with van der Waals surface area (Å²) in [7, 11) is 1.41. The average molecular weight is 484 g/mol. The lowest BCUT2D eigenvalue weighted by atomic mass is 9.83. The van der Waals surface area contributed by atoms with Crippen LogP contribution in [0.5, 0.6) is 5.75 Å². The first kappa shape index (κ1) is 24.0. The fourth-order valence-electron chi connectivity index (χ4n) is 5.20. The zero-order valence-corrected chi connectivity index (χ0v) is 20.8. The number of hydrogen-bond donors (Lipinski definition) is 1. The van der Waals surface area contributed by atoms with Crippen molar-refractivity contribution in [2.24, 2.45) is 0 Å². The minimum atomic E-state index is -0.326. The molecule has 4 aromatic rings. The Bertz CT molecular complexity index is 1420. The molecule has 0 radical (unpaired) electrons. The summed E-state index contributed by atoms with van der Waals surface area (Å²) in [4.78, 5) is 12.3. The Morgan fingerprint density at radius 3 is 2.61 bits per heavy atom. The number of nitrogens with one attached hydrogen (secondary N) is 1. The normalized spacial score (nSPS) is 17.8. The van der Waals surface area contributed by atoms with E-state index in [1.165, 1.54) is 13.2 Å². The van der Waals surface area contributed by atoms with E-state index in [-0.39, 0.29) is 29.9 Å². The number of para-hydroxylation sites is 1. The molecule has 4 aromatic carbocycles. The van der Waals surface area contributed by atoms with Gasteiger partial charge in [-0.15, -0.1) is 0 Å². The first-order chi connectivity index (χ1) is 17.5. The lowest BCUT2D eigenvalue weighted by Gasteiger charge is -2.33. The molecule has 4 nitrogen and oxygen atoms in total. The third-order valence-electron chi connectivity index (χ3n) is 7.18. The minimum Gasteiger partial charge on any atom is -0.489 e. The summed E-state index contributed by atoms with van der Waals surface area (Å²) in [5.41, 5.74) is 4.72. The van der Waals surface area contributed by atoms with Crippen molar-refractivity contribution in [3.63, 3.8) is 0 Å². The van der Waals surface area contributed by atoms with E-state index in [4.69, 9.17) is 9.47 Å². The van der Waals surface area contributed by atoms with Crippen LogP contribution in [0.4, 0.5) is 4.39 Å². The van der Waals surface area contributed by atoms with Gasteiger partial charge in [-0.1, -0.05) is 60.7 Å². The second-order valence-corrected chi connectivity index (χ2v) is 9.44. The van der Waals surface area contributed by atoms with Gasteiger partial charge < -0.3 is 14.8 Å². The van der Waals surface area contributed by atoms with E-state index in [0.717, 1.165) is 39.8 Å². The number of rotatable bonds is 6. The highest BCUT2D eigenvalue weighted by Crippen LogP contribution is 2.41. The van der Waals surface area contributed by atoms with Crippen molar-refractivity contribution in [3.05, 3.63) is 112 Å². The number of benzene rings is 4. The molecular weight excluding hydrogens is 453 g/mol. The third kappa shape index (κ3) is 4.59. The molecule has 0 saturated heterocycles. The number of hydrogen-bond acceptors (Lipinski definition) is 4. The predicted molar refractivity (Wildman–Crippen MR) is 140 cm³/mol. The minimum absolute atomic E-state index is 0.0139. The van der Waals surface area contributed by atoms with Crippen LogP contribution in [0, 0.1) is 12.7 Å². The molecule has 0 spiro atoms. The number of carbonyl (C=O) groups is 1. The molecule has 0 saturated carbocycles. The molecule has 184 valence electrons. The summed E-state index contributed by atoms with van der Waals surface area (Å²) in [6, 6.07) is 25.1. The average Bonchev–Trinajstić information content (AvgIpc) is 2.91. The van der Waals surface area contributed by atoms with E-state index in [1.54, 1.807) is 0 Å². The highest BCUT2D eigenvalue weighted by atomic mass is 19.1. The van der Waals surface area contributed by atoms with Crippen LogP contribution in [0.3, 0.4) is 0 Å². The number of fused-ring (bicyclic) bond motifs is 2. The van der Waals surface area contributed by atoms with Crippen LogP contribution in [-0.2, 0) is 4.74 Å². The Morgan fingerprint density at radius 2 is 1.81 bits per heavy atom. The lowest BCUT2D eigenvalue weighted by Crippen LogP contribution is -2.37. The summed E-state index contributed by atoms with van der Waals surface area (Å²) in [6.07, 6.45) is 0.701. The highest BCUT2D eigenvalue weighted by molar-refractivity contribution is 5.91. The maximum absolute atomic E-state index is 14.3. The number of esters is 1. The number of ether oxygens (including phenoxy) is 2. The Kier molecular flexibility index (Phi) is 6.75. The van der Waals surface area contributed by atoms with E-state index < -0.39 is 0 Å². The first-order valence-corrected chi connectivity index (χ1v) is 12.3. The number of methoxy groups -OCH3 is 1. The Morgan fingerprint density at radius 1 is 1.06 bits per heavy atom. The van der Waals surface area contributed by atoms with Gasteiger partial charge in [-0.05, 0) is 60.5 Å². The van der Waals surface area contributed by atoms with E-state index in [0.29, 0.717) is 17.5 Å². The van der Waals surface area contributed by atoms with Crippen molar-refractivity contribution in [3.8, 4) is 5.75 Å². The van der Waals surface area contributed by atoms with E-state index in [2.05, 4.69) is 24.4 Å². The Labute approximate surface area is 211 Å². The second kappa shape index (κ2) is 10.1. The molecule has 0 fully saturated rings. The molecule has 0 bridgehead atoms. The molecule has 0 amide bonds. The van der Waals surface area contributed by atoms with Gasteiger partial charge in [0.2, 0.25) is 0 Å². The van der Waals surface area contributed by atoms with Crippen LogP contribution < -0.4 is 10.1 Å². The van der Waals surface area contributed by atoms with Gasteiger partial charge >= 0.3 is 5.97 Å². The van der Waals surface area contributed by atoms with Gasteiger partial charge in [0.25, 0.3) is 0 Å². The van der Waals surface area contributed by atoms with Crippen LogP contribution in [0.2, 0.25) is 0 Å². The topological polar surface area (TPSA) is 47.6 Å². The Balaban J connectivity index is 1.39. The number of carbonyl (C=O) groups excluding carboxylic acids is 1. The second-order valence-electron chi connectivity index (χ2n) is 9.44. The summed E-state index contributed by atoms with van der Waals surface area (Å²) in [6.45, 7) is 4.64. The fourth-order valence-corrected chi connectivity index (χ4v) is 5.20. The molecule has 1 N–H and O–H groups in total. The molecule has 1 aliphatic rings. The van der Waals surface area contributed by atoms with Crippen molar-refractivity contribution >= 4 is 16.7 Å². The molecule has 1 unspecified atom stereocenters. The van der Waals surface area contributed by atoms with Crippen LogP contribution >= 0.6 is 0 Å². The maximum Gasteiger partial charge on any atom is 0.338 e. The van der Waals surface area contributed by atoms with E-state index >= 15 is 0 Å². The van der Waals surface area contributed by atoms with Gasteiger partial charge in [0.15, 0.2) is 0 Å². The third-order valence-corrected chi connectivity index (χ3v) is 7.18. The van der Waals surface area contributed by atoms with Crippen molar-refractivity contribution < 1.29 is 18.7 Å². The molecule has 0 aromatic heterocycles. The largest absolute Gasteiger partial charge is 0.489 e. The van der Waals surface area contributed by atoms with E-state index in [1.807, 2.05) is 67.6 Å². The van der Waals surface area contributed by atoms with Gasteiger partial charge in [-0.3, -0.25) is 0 Å². The van der Waals surface area contributed by atoms with Crippen molar-refractivity contribution in [2.45, 2.75) is 38.3 Å². The SMILES string of the molecule is COC(=O)c1cc([C@@H]2C[C@H](CNC(C)c3ccc(F)c4ccccc34)Oc3ccccc32)ccc1C. The standard InChI is InChI=1S/C31H30FNO3/c1-19-12-13-21(16-27(19)31(34)35-3)28-17-22(36-30-11-7-6-10-26(28)30)18-33-20(2)23-14-15-29(32)25-9-5-4-8-24(23)25/h4-16,20,22,28,33H,17-18H2,1-3H3/t20?,22-,28+/m1/s1. The molecule has 1 aliphatic heterocycles. The summed E-state index contributed by atoms with van der Waals surface area (Å²) >= 11 is 0. The zero-order valence-electron chi connectivity index (χ0n) is 20.8. The van der Waals surface area contributed by atoms with Gasteiger partial charge in [0.1, 0.15) is 17.7 Å². The van der Waals surface area contributed by atoms with Gasteiger partial charge in [0.05, 0.1) is 12.7 Å². The number of halogens is 1. The zero-order chi connectivity index (χ0) is 25.2. The molecule has 3 atom stereocenters. The van der Waals surface area contributed by atoms with Crippen LogP contribution in [0.1, 0.15) is 57.9 Å². The number of aryl methyl sites for hydroxylation is 1. The van der Waals surface area contributed by atoms with Gasteiger partial charge in [-0.2, -0.15) is 0 Å². The van der Waals surface area contributed by atoms with Crippen molar-refractivity contribution in [1.82, 2.24) is 5.32 Å². The smallest absolute Gasteiger partial charge is 0.338 e. The van der Waals surface area contributed by atoms with E-state index in [9.17, 15) is 9.18 Å². The predicted octanol–water partition coefficient (Wildman–Crippen LogP) is 6.71. The molecule has 5 heteroatoms. The van der Waals surface area contributed by atoms with Crippen LogP contribution in [0.25, 0.3) is 10.8 Å². The van der Waals surface area contributed by atoms with Crippen LogP contribution in [0.15, 0.2) is 78.9 Å². The summed E-state index contributed by atoms with van der Waals surface area (Å²) < 4.78 is 25.7. The monoisotopic (exact) mass is 483 g/mol. The molecule has 36 heavy (non-hydrogen) atoms. The lowest BCUT2D eigenvalue weighted by molar-refractivity contribution is 0.0599.